The van der Waals surface area contributed by atoms with Crippen molar-refractivity contribution in [3.63, 3.8) is 0 Å². The SMILES string of the molecule is COc1cccc(/C=C/C(=O)OCC(=O)Nc2ccc(S(=O)(=O)N3CCCC3)cc2)c1. The van der Waals surface area contributed by atoms with Gasteiger partial charge in [-0.2, -0.15) is 4.31 Å². The zero-order chi connectivity index (χ0) is 22.3. The third-order valence-electron chi connectivity index (χ3n) is 4.69. The van der Waals surface area contributed by atoms with Crippen LogP contribution in [0.1, 0.15) is 18.4 Å². The van der Waals surface area contributed by atoms with E-state index < -0.39 is 28.5 Å². The molecular weight excluding hydrogens is 420 g/mol. The number of esters is 1. The lowest BCUT2D eigenvalue weighted by atomic mass is 10.2. The molecule has 2 aromatic carbocycles. The molecular formula is C22H24N2O6S. The standard InChI is InChI=1S/C22H24N2O6S/c1-29-19-6-4-5-17(15-19)7-12-22(26)30-16-21(25)23-18-8-10-20(11-9-18)31(27,28)24-13-2-3-14-24/h4-12,15H,2-3,13-14,16H2,1H3,(H,23,25)/b12-7+. The maximum absolute atomic E-state index is 12.5. The van der Waals surface area contributed by atoms with E-state index in [9.17, 15) is 18.0 Å². The van der Waals surface area contributed by atoms with E-state index in [1.54, 1.807) is 37.5 Å². The first kappa shape index (κ1) is 22.5. The second-order valence-corrected chi connectivity index (χ2v) is 8.84. The fraction of sp³-hybridized carbons (Fsp3) is 0.273. The average Bonchev–Trinajstić information content (AvgIpc) is 3.33. The van der Waals surface area contributed by atoms with Crippen molar-refractivity contribution in [2.45, 2.75) is 17.7 Å². The average molecular weight is 445 g/mol. The summed E-state index contributed by atoms with van der Waals surface area (Å²) in [7, 11) is -1.95. The Morgan fingerprint density at radius 1 is 1.10 bits per heavy atom. The van der Waals surface area contributed by atoms with Crippen LogP contribution in [0.4, 0.5) is 5.69 Å². The van der Waals surface area contributed by atoms with Crippen molar-refractivity contribution in [1.29, 1.82) is 0 Å². The minimum atomic E-state index is -3.50. The molecule has 1 N–H and O–H groups in total. The highest BCUT2D eigenvalue weighted by Crippen LogP contribution is 2.22. The molecule has 0 aromatic heterocycles. The maximum atomic E-state index is 12.5. The predicted molar refractivity (Wildman–Crippen MR) is 116 cm³/mol. The molecule has 1 saturated heterocycles. The molecule has 0 aliphatic carbocycles. The van der Waals surface area contributed by atoms with Gasteiger partial charge >= 0.3 is 5.97 Å². The van der Waals surface area contributed by atoms with Crippen LogP contribution in [0.3, 0.4) is 0 Å². The van der Waals surface area contributed by atoms with Crippen LogP contribution < -0.4 is 10.1 Å². The molecule has 0 radical (unpaired) electrons. The second kappa shape index (κ2) is 10.2. The van der Waals surface area contributed by atoms with Gasteiger partial charge in [0.1, 0.15) is 5.75 Å². The quantitative estimate of drug-likeness (QED) is 0.496. The molecule has 1 amide bonds. The van der Waals surface area contributed by atoms with Crippen LogP contribution in [0.25, 0.3) is 6.08 Å². The highest BCUT2D eigenvalue weighted by atomic mass is 32.2. The molecule has 0 spiro atoms. The largest absolute Gasteiger partial charge is 0.497 e. The van der Waals surface area contributed by atoms with Crippen LogP contribution >= 0.6 is 0 Å². The van der Waals surface area contributed by atoms with Gasteiger partial charge in [-0.05, 0) is 60.9 Å². The normalized spacial score (nSPS) is 14.5. The van der Waals surface area contributed by atoms with Gasteiger partial charge in [-0.15, -0.1) is 0 Å². The fourth-order valence-electron chi connectivity index (χ4n) is 3.08. The van der Waals surface area contributed by atoms with Crippen molar-refractivity contribution in [1.82, 2.24) is 4.31 Å². The Balaban J connectivity index is 1.49. The molecule has 0 unspecified atom stereocenters. The molecule has 31 heavy (non-hydrogen) atoms. The summed E-state index contributed by atoms with van der Waals surface area (Å²) in [6.07, 6.45) is 4.50. The molecule has 164 valence electrons. The molecule has 0 saturated carbocycles. The Morgan fingerprint density at radius 3 is 2.48 bits per heavy atom. The van der Waals surface area contributed by atoms with Gasteiger partial charge in [0.05, 0.1) is 12.0 Å². The molecule has 3 rings (SSSR count). The van der Waals surface area contributed by atoms with Crippen LogP contribution in [-0.2, 0) is 24.3 Å². The number of carbonyl (C=O) groups excluding carboxylic acids is 2. The van der Waals surface area contributed by atoms with Crippen molar-refractivity contribution in [3.05, 3.63) is 60.2 Å². The molecule has 1 heterocycles. The van der Waals surface area contributed by atoms with E-state index in [4.69, 9.17) is 9.47 Å². The monoisotopic (exact) mass is 444 g/mol. The predicted octanol–water partition coefficient (Wildman–Crippen LogP) is 2.67. The third-order valence-corrected chi connectivity index (χ3v) is 6.60. The number of benzene rings is 2. The van der Waals surface area contributed by atoms with Gasteiger partial charge in [0, 0.05) is 24.9 Å². The minimum absolute atomic E-state index is 0.182. The molecule has 1 aliphatic heterocycles. The summed E-state index contributed by atoms with van der Waals surface area (Å²) >= 11 is 0. The minimum Gasteiger partial charge on any atom is -0.497 e. The first-order chi connectivity index (χ1) is 14.9. The van der Waals surface area contributed by atoms with Crippen LogP contribution in [0.2, 0.25) is 0 Å². The van der Waals surface area contributed by atoms with Crippen LogP contribution in [0.15, 0.2) is 59.5 Å². The van der Waals surface area contributed by atoms with Crippen molar-refractivity contribution in [3.8, 4) is 5.75 Å². The van der Waals surface area contributed by atoms with Crippen molar-refractivity contribution < 1.29 is 27.5 Å². The van der Waals surface area contributed by atoms with Gasteiger partial charge in [0.25, 0.3) is 5.91 Å². The highest BCUT2D eigenvalue weighted by molar-refractivity contribution is 7.89. The van der Waals surface area contributed by atoms with E-state index in [1.807, 2.05) is 0 Å². The summed E-state index contributed by atoms with van der Waals surface area (Å²) in [5, 5.41) is 2.57. The number of carbonyl (C=O) groups is 2. The summed E-state index contributed by atoms with van der Waals surface area (Å²) in [4.78, 5) is 24.0. The number of sulfonamides is 1. The maximum Gasteiger partial charge on any atom is 0.331 e. The molecule has 9 heteroatoms. The topological polar surface area (TPSA) is 102 Å². The van der Waals surface area contributed by atoms with Crippen LogP contribution in [0.5, 0.6) is 5.75 Å². The van der Waals surface area contributed by atoms with E-state index in [0.717, 1.165) is 18.4 Å². The van der Waals surface area contributed by atoms with Gasteiger partial charge in [-0.1, -0.05) is 12.1 Å². The number of nitrogens with one attached hydrogen (secondary N) is 1. The highest BCUT2D eigenvalue weighted by Gasteiger charge is 2.26. The lowest BCUT2D eigenvalue weighted by Gasteiger charge is -2.15. The summed E-state index contributed by atoms with van der Waals surface area (Å²) in [6.45, 7) is 0.589. The van der Waals surface area contributed by atoms with E-state index >= 15 is 0 Å². The molecule has 1 aliphatic rings. The number of hydrogen-bond acceptors (Lipinski definition) is 6. The van der Waals surface area contributed by atoms with Gasteiger partial charge in [0.2, 0.25) is 10.0 Å². The first-order valence-corrected chi connectivity index (χ1v) is 11.2. The van der Waals surface area contributed by atoms with E-state index in [-0.39, 0.29) is 4.90 Å². The fourth-order valence-corrected chi connectivity index (χ4v) is 4.60. The van der Waals surface area contributed by atoms with Gasteiger partial charge in [-0.3, -0.25) is 4.79 Å². The number of amides is 1. The van der Waals surface area contributed by atoms with Gasteiger partial charge in [0.15, 0.2) is 6.61 Å². The summed E-state index contributed by atoms with van der Waals surface area (Å²) < 4.78 is 36.5. The van der Waals surface area contributed by atoms with Crippen molar-refractivity contribution >= 4 is 33.7 Å². The third kappa shape index (κ3) is 6.16. The Hall–Kier alpha value is -3.17. The zero-order valence-electron chi connectivity index (χ0n) is 17.1. The van der Waals surface area contributed by atoms with Crippen LogP contribution in [-0.4, -0.2) is 51.4 Å². The van der Waals surface area contributed by atoms with Crippen LogP contribution in [0, 0.1) is 0 Å². The molecule has 0 bridgehead atoms. The molecule has 1 fully saturated rings. The molecule has 0 atom stereocenters. The molecule has 8 nitrogen and oxygen atoms in total. The van der Waals surface area contributed by atoms with Gasteiger partial charge in [-0.25, -0.2) is 13.2 Å². The summed E-state index contributed by atoms with van der Waals surface area (Å²) in [5.41, 5.74) is 1.16. The Labute approximate surface area is 181 Å². The smallest absolute Gasteiger partial charge is 0.331 e. The van der Waals surface area contributed by atoms with E-state index in [2.05, 4.69) is 5.32 Å². The number of methoxy groups -OCH3 is 1. The lowest BCUT2D eigenvalue weighted by molar-refractivity contribution is -0.142. The number of hydrogen-bond donors (Lipinski definition) is 1. The lowest BCUT2D eigenvalue weighted by Crippen LogP contribution is -2.27. The zero-order valence-corrected chi connectivity index (χ0v) is 17.9. The number of ether oxygens (including phenoxy) is 2. The Morgan fingerprint density at radius 2 is 1.81 bits per heavy atom. The van der Waals surface area contributed by atoms with Crippen molar-refractivity contribution in [2.24, 2.45) is 0 Å². The summed E-state index contributed by atoms with van der Waals surface area (Å²) in [6, 6.07) is 13.0. The second-order valence-electron chi connectivity index (χ2n) is 6.90. The number of rotatable bonds is 8. The first-order valence-electron chi connectivity index (χ1n) is 9.77. The van der Waals surface area contributed by atoms with E-state index in [0.29, 0.717) is 24.5 Å². The van der Waals surface area contributed by atoms with Gasteiger partial charge < -0.3 is 14.8 Å². The Kier molecular flexibility index (Phi) is 7.43. The Bertz CT molecular complexity index is 1060. The molecule has 2 aromatic rings. The van der Waals surface area contributed by atoms with Crippen molar-refractivity contribution in [2.75, 3.05) is 32.1 Å². The summed E-state index contributed by atoms with van der Waals surface area (Å²) in [5.74, 6) is -0.530. The number of anilines is 1. The number of nitrogens with zero attached hydrogens (tertiary/aromatic N) is 1. The van der Waals surface area contributed by atoms with E-state index in [1.165, 1.54) is 34.6 Å².